The molecule has 0 aromatic rings. The van der Waals surface area contributed by atoms with Gasteiger partial charge < -0.3 is 10.0 Å². The highest BCUT2D eigenvalue weighted by Gasteiger charge is 2.51. The number of carbonyl (C=O) groups is 1. The van der Waals surface area contributed by atoms with E-state index in [0.29, 0.717) is 30.1 Å². The molecule has 4 rings (SSSR count). The Morgan fingerprint density at radius 2 is 1.65 bits per heavy atom. The maximum Gasteiger partial charge on any atom is 0.226 e. The lowest BCUT2D eigenvalue weighted by Crippen LogP contribution is -2.53. The summed E-state index contributed by atoms with van der Waals surface area (Å²) in [6.45, 7) is 5.10. The van der Waals surface area contributed by atoms with E-state index >= 15 is 0 Å². The third kappa shape index (κ3) is 2.49. The topological polar surface area (TPSA) is 40.5 Å². The smallest absolute Gasteiger partial charge is 0.226 e. The maximum atomic E-state index is 13.0. The predicted octanol–water partition coefficient (Wildman–Crippen LogP) is 2.68. The standard InChI is InChI=1S/C17H29NO2/c1-11(2)18(4-3-5-19)17(20)16-14-7-12-6-13(9-14)10-15(16)8-12/h11-16,19H,3-10H2,1-2H3. The number of amides is 1. The van der Waals surface area contributed by atoms with Crippen LogP contribution in [0.4, 0.5) is 0 Å². The molecule has 4 aliphatic rings. The van der Waals surface area contributed by atoms with E-state index in [1.807, 2.05) is 4.90 Å². The number of carbonyl (C=O) groups excluding carboxylic acids is 1. The molecule has 114 valence electrons. The Balaban J connectivity index is 1.72. The van der Waals surface area contributed by atoms with E-state index in [4.69, 9.17) is 5.11 Å². The number of nitrogens with zero attached hydrogens (tertiary/aromatic N) is 1. The molecule has 0 saturated heterocycles. The summed E-state index contributed by atoms with van der Waals surface area (Å²) in [5.74, 6) is 3.85. The average Bonchev–Trinajstić information content (AvgIpc) is 2.37. The zero-order valence-corrected chi connectivity index (χ0v) is 12.9. The van der Waals surface area contributed by atoms with Crippen LogP contribution < -0.4 is 0 Å². The molecule has 0 aliphatic heterocycles. The highest BCUT2D eigenvalue weighted by Crippen LogP contribution is 2.56. The van der Waals surface area contributed by atoms with Gasteiger partial charge in [-0.2, -0.15) is 0 Å². The molecule has 4 bridgehead atoms. The van der Waals surface area contributed by atoms with E-state index in [-0.39, 0.29) is 12.6 Å². The second-order valence-corrected chi connectivity index (χ2v) is 7.66. The van der Waals surface area contributed by atoms with Gasteiger partial charge in [0.05, 0.1) is 0 Å². The monoisotopic (exact) mass is 279 g/mol. The van der Waals surface area contributed by atoms with Gasteiger partial charge in [-0.1, -0.05) is 0 Å². The molecule has 0 aromatic heterocycles. The van der Waals surface area contributed by atoms with Crippen LogP contribution in [0.5, 0.6) is 0 Å². The Labute approximate surface area is 122 Å². The molecular formula is C17H29NO2. The van der Waals surface area contributed by atoms with E-state index in [1.165, 1.54) is 32.1 Å². The molecule has 4 aliphatic carbocycles. The number of rotatable bonds is 5. The average molecular weight is 279 g/mol. The Bertz CT molecular complexity index is 338. The summed E-state index contributed by atoms with van der Waals surface area (Å²) in [6, 6.07) is 0.256. The number of hydrogen-bond acceptors (Lipinski definition) is 2. The summed E-state index contributed by atoms with van der Waals surface area (Å²) in [6.07, 6.45) is 7.35. The van der Waals surface area contributed by atoms with Crippen LogP contribution in [0.25, 0.3) is 0 Å². The Kier molecular flexibility index (Phi) is 4.07. The van der Waals surface area contributed by atoms with Gasteiger partial charge in [0.25, 0.3) is 0 Å². The molecule has 1 N–H and O–H groups in total. The lowest BCUT2D eigenvalue weighted by molar-refractivity contribution is -0.151. The summed E-state index contributed by atoms with van der Waals surface area (Å²) < 4.78 is 0. The van der Waals surface area contributed by atoms with Crippen LogP contribution in [0.15, 0.2) is 0 Å². The van der Waals surface area contributed by atoms with Gasteiger partial charge in [-0.15, -0.1) is 0 Å². The van der Waals surface area contributed by atoms with Crippen LogP contribution in [0.1, 0.15) is 52.4 Å². The van der Waals surface area contributed by atoms with Crippen molar-refractivity contribution >= 4 is 5.91 Å². The fraction of sp³-hybridized carbons (Fsp3) is 0.941. The summed E-state index contributed by atoms with van der Waals surface area (Å²) in [7, 11) is 0. The number of hydrogen-bond donors (Lipinski definition) is 1. The zero-order valence-electron chi connectivity index (χ0n) is 12.9. The third-order valence-electron chi connectivity index (χ3n) is 5.98. The summed E-state index contributed by atoms with van der Waals surface area (Å²) in [4.78, 5) is 15.1. The molecule has 0 heterocycles. The minimum atomic E-state index is 0.179. The zero-order chi connectivity index (χ0) is 14.3. The second-order valence-electron chi connectivity index (χ2n) is 7.66. The van der Waals surface area contributed by atoms with Gasteiger partial charge in [-0.3, -0.25) is 4.79 Å². The number of aliphatic hydroxyl groups excluding tert-OH is 1. The molecule has 0 spiro atoms. The Morgan fingerprint density at radius 1 is 1.10 bits per heavy atom. The third-order valence-corrected chi connectivity index (χ3v) is 5.98. The van der Waals surface area contributed by atoms with E-state index in [0.717, 1.165) is 18.4 Å². The quantitative estimate of drug-likeness (QED) is 0.840. The van der Waals surface area contributed by atoms with Crippen LogP contribution in [0.3, 0.4) is 0 Å². The van der Waals surface area contributed by atoms with Crippen molar-refractivity contribution in [3.8, 4) is 0 Å². The Hall–Kier alpha value is -0.570. The van der Waals surface area contributed by atoms with Gasteiger partial charge >= 0.3 is 0 Å². The van der Waals surface area contributed by atoms with Gasteiger partial charge in [0.15, 0.2) is 0 Å². The molecule has 1 amide bonds. The molecular weight excluding hydrogens is 250 g/mol. The minimum Gasteiger partial charge on any atom is -0.396 e. The van der Waals surface area contributed by atoms with Gasteiger partial charge in [0.1, 0.15) is 0 Å². The van der Waals surface area contributed by atoms with Gasteiger partial charge in [-0.25, -0.2) is 0 Å². The molecule has 0 unspecified atom stereocenters. The molecule has 0 radical (unpaired) electrons. The second kappa shape index (κ2) is 5.67. The van der Waals surface area contributed by atoms with Crippen molar-refractivity contribution in [3.63, 3.8) is 0 Å². The first-order chi connectivity index (χ1) is 9.60. The minimum absolute atomic E-state index is 0.179. The predicted molar refractivity (Wildman–Crippen MR) is 79.1 cm³/mol. The first-order valence-corrected chi connectivity index (χ1v) is 8.51. The van der Waals surface area contributed by atoms with Crippen molar-refractivity contribution in [2.75, 3.05) is 13.2 Å². The molecule has 4 fully saturated rings. The van der Waals surface area contributed by atoms with Crippen molar-refractivity contribution in [1.29, 1.82) is 0 Å². The van der Waals surface area contributed by atoms with E-state index < -0.39 is 0 Å². The van der Waals surface area contributed by atoms with Crippen molar-refractivity contribution < 1.29 is 9.90 Å². The van der Waals surface area contributed by atoms with Crippen molar-refractivity contribution in [1.82, 2.24) is 4.90 Å². The summed E-state index contributed by atoms with van der Waals surface area (Å²) in [5, 5.41) is 9.05. The first-order valence-electron chi connectivity index (χ1n) is 8.51. The first kappa shape index (κ1) is 14.4. The van der Waals surface area contributed by atoms with Gasteiger partial charge in [0.2, 0.25) is 5.91 Å². The molecule has 0 aromatic carbocycles. The van der Waals surface area contributed by atoms with Crippen LogP contribution in [0.2, 0.25) is 0 Å². The van der Waals surface area contributed by atoms with Gasteiger partial charge in [-0.05, 0) is 76.0 Å². The van der Waals surface area contributed by atoms with Crippen LogP contribution >= 0.6 is 0 Å². The maximum absolute atomic E-state index is 13.0. The van der Waals surface area contributed by atoms with Crippen LogP contribution in [0, 0.1) is 29.6 Å². The van der Waals surface area contributed by atoms with E-state index in [9.17, 15) is 4.79 Å². The van der Waals surface area contributed by atoms with E-state index in [1.54, 1.807) is 0 Å². The summed E-state index contributed by atoms with van der Waals surface area (Å²) >= 11 is 0. The Morgan fingerprint density at radius 3 is 2.10 bits per heavy atom. The SMILES string of the molecule is CC(C)N(CCCO)C(=O)C1C2CC3CC(C2)CC1C3. The summed E-state index contributed by atoms with van der Waals surface area (Å²) in [5.41, 5.74) is 0. The molecule has 20 heavy (non-hydrogen) atoms. The fourth-order valence-electron chi connectivity index (χ4n) is 5.38. The van der Waals surface area contributed by atoms with Gasteiger partial charge in [0, 0.05) is 25.1 Å². The lowest BCUT2D eigenvalue weighted by Gasteiger charge is -2.54. The van der Waals surface area contributed by atoms with Crippen LogP contribution in [-0.4, -0.2) is 35.1 Å². The highest BCUT2D eigenvalue weighted by atomic mass is 16.3. The van der Waals surface area contributed by atoms with Crippen molar-refractivity contribution in [2.24, 2.45) is 29.6 Å². The van der Waals surface area contributed by atoms with Crippen LogP contribution in [-0.2, 0) is 4.79 Å². The normalized spacial score (nSPS) is 38.5. The highest BCUT2D eigenvalue weighted by molar-refractivity contribution is 5.80. The largest absolute Gasteiger partial charge is 0.396 e. The lowest BCUT2D eigenvalue weighted by atomic mass is 9.51. The number of aliphatic hydroxyl groups is 1. The van der Waals surface area contributed by atoms with Crippen molar-refractivity contribution in [3.05, 3.63) is 0 Å². The molecule has 4 saturated carbocycles. The molecule has 0 atom stereocenters. The van der Waals surface area contributed by atoms with Crippen molar-refractivity contribution in [2.45, 2.75) is 58.4 Å². The molecule has 3 nitrogen and oxygen atoms in total. The van der Waals surface area contributed by atoms with E-state index in [2.05, 4.69) is 13.8 Å². The fourth-order valence-corrected chi connectivity index (χ4v) is 5.38. The molecule has 3 heteroatoms.